The number of amides is 2. The second-order valence-corrected chi connectivity index (χ2v) is 13.4. The van der Waals surface area contributed by atoms with Crippen LogP contribution in [0.15, 0.2) is 35.9 Å². The highest BCUT2D eigenvalue weighted by Gasteiger charge is 2.64. The molecule has 4 unspecified atom stereocenters. The monoisotopic (exact) mass is 666 g/mol. The Balaban J connectivity index is 1.76. The van der Waals surface area contributed by atoms with Crippen LogP contribution in [0.3, 0.4) is 0 Å². The van der Waals surface area contributed by atoms with Crippen molar-refractivity contribution in [1.29, 1.82) is 0 Å². The normalized spacial score (nSPS) is 35.0. The van der Waals surface area contributed by atoms with Crippen LogP contribution in [0.1, 0.15) is 52.5 Å². The van der Waals surface area contributed by atoms with E-state index in [1.807, 2.05) is 32.1 Å². The number of hydrogen-bond donors (Lipinski definition) is 3. The lowest BCUT2D eigenvalue weighted by Crippen LogP contribution is -2.63. The van der Waals surface area contributed by atoms with Crippen molar-refractivity contribution in [2.24, 2.45) is 5.92 Å². The van der Waals surface area contributed by atoms with Gasteiger partial charge < -0.3 is 33.7 Å². The van der Waals surface area contributed by atoms with E-state index in [0.29, 0.717) is 22.9 Å². The molecule has 0 saturated carbocycles. The van der Waals surface area contributed by atoms with E-state index in [4.69, 9.17) is 35.3 Å². The molecule has 0 aromatic heterocycles. The number of nitrogens with one attached hydrogen (secondary N) is 1. The maximum atomic E-state index is 13.5. The fraction of sp³-hybridized carbons (Fsp3) is 0.594. The van der Waals surface area contributed by atoms with E-state index in [1.54, 1.807) is 33.0 Å². The number of ether oxygens (including phenoxy) is 5. The number of allylic oxidation sites excluding steroid dienone is 3. The van der Waals surface area contributed by atoms with E-state index in [1.165, 1.54) is 19.1 Å². The Morgan fingerprint density at radius 3 is 2.64 bits per heavy atom. The fourth-order valence-corrected chi connectivity index (χ4v) is 6.45. The van der Waals surface area contributed by atoms with Crippen LogP contribution in [0.5, 0.6) is 5.75 Å². The molecule has 2 fully saturated rings. The lowest BCUT2D eigenvalue weighted by atomic mass is 9.83. The first-order chi connectivity index (χ1) is 21.1. The van der Waals surface area contributed by atoms with Gasteiger partial charge in [0.2, 0.25) is 5.91 Å². The van der Waals surface area contributed by atoms with Gasteiger partial charge in [-0.3, -0.25) is 14.9 Å². The topological polar surface area (TPSA) is 136 Å². The molecule has 1 aromatic carbocycles. The second kappa shape index (κ2) is 13.9. The highest BCUT2D eigenvalue weighted by Crippen LogP contribution is 2.49. The molecule has 1 aromatic rings. The molecule has 248 valence electrons. The van der Waals surface area contributed by atoms with Crippen molar-refractivity contribution in [1.82, 2.24) is 5.32 Å². The number of benzene rings is 1. The Morgan fingerprint density at radius 1 is 1.29 bits per heavy atom. The molecule has 2 amide bonds. The average molecular weight is 667 g/mol. The molecule has 4 rings (SSSR count). The van der Waals surface area contributed by atoms with Crippen molar-refractivity contribution in [3.05, 3.63) is 46.5 Å². The summed E-state index contributed by atoms with van der Waals surface area (Å²) in [5.41, 5.74) is -0.460. The van der Waals surface area contributed by atoms with Gasteiger partial charge in [0.1, 0.15) is 34.7 Å². The van der Waals surface area contributed by atoms with E-state index in [0.717, 1.165) is 11.1 Å². The number of carbonyl (C=O) groups is 3. The smallest absolute Gasteiger partial charge is 0.409 e. The summed E-state index contributed by atoms with van der Waals surface area (Å²) in [4.78, 5) is 40.4. The molecule has 3 aliphatic heterocycles. The number of aliphatic hydroxyl groups is 1. The molecule has 3 heterocycles. The van der Waals surface area contributed by atoms with Crippen LogP contribution < -0.4 is 15.0 Å². The quantitative estimate of drug-likeness (QED) is 0.243. The maximum Gasteiger partial charge on any atom is 0.409 e. The van der Waals surface area contributed by atoms with Crippen molar-refractivity contribution < 1.29 is 43.2 Å². The number of hydrogen-bond acceptors (Lipinski definition) is 10. The molecule has 0 spiro atoms. The van der Waals surface area contributed by atoms with Gasteiger partial charge in [-0.25, -0.2) is 4.79 Å². The van der Waals surface area contributed by atoms with Gasteiger partial charge in [-0.2, -0.15) is 12.6 Å². The lowest BCUT2D eigenvalue weighted by Gasteiger charge is -2.42. The minimum atomic E-state index is -1.77. The van der Waals surface area contributed by atoms with Crippen LogP contribution in [0, 0.1) is 5.92 Å². The van der Waals surface area contributed by atoms with Gasteiger partial charge >= 0.3 is 12.1 Å². The molecule has 0 aliphatic carbocycles. The number of thiol groups is 1. The minimum absolute atomic E-state index is 0.0101. The summed E-state index contributed by atoms with van der Waals surface area (Å²) in [6, 6.07) is 3.65. The van der Waals surface area contributed by atoms with Gasteiger partial charge in [0, 0.05) is 32.9 Å². The average Bonchev–Trinajstić information content (AvgIpc) is 3.68. The number of halogens is 1. The van der Waals surface area contributed by atoms with Gasteiger partial charge in [0.25, 0.3) is 0 Å². The molecule has 8 atom stereocenters. The van der Waals surface area contributed by atoms with E-state index in [-0.39, 0.29) is 25.2 Å². The molecule has 3 aliphatic rings. The number of nitrogens with zero attached hydrogens (tertiary/aromatic N) is 1. The SMILES string of the molecule is COc1cc2cc(c1Cl)N(C)C(=O)CC[C@H](OC(=O)C(C)S)C1(C)OC1[C@H](C)C1C[C@@](O)(NC(=O)O1)[C@H](OC)/C=C/C=C(\C)C2. The summed E-state index contributed by atoms with van der Waals surface area (Å²) in [7, 11) is 4.60. The summed E-state index contributed by atoms with van der Waals surface area (Å²) in [5, 5.41) is 13.7. The molecule has 45 heavy (non-hydrogen) atoms. The molecular weight excluding hydrogens is 624 g/mol. The molecule has 2 N–H and O–H groups in total. The first-order valence-electron chi connectivity index (χ1n) is 14.9. The van der Waals surface area contributed by atoms with Gasteiger partial charge in [-0.1, -0.05) is 42.3 Å². The number of anilines is 1. The standard InChI is InChI=1S/C32H43ClN2O9S/c1-17-9-8-10-25(41-7)32(39)16-23(42-30(38)34-32)18(2)28-31(4,44-28)24(43-29(37)19(3)45)11-12-26(36)35(5)21-14-20(13-17)15-22(40-6)27(21)33/h8-10,14-15,18-19,23-25,28,39,45H,11-13,16H2,1-7H3,(H,34,38)/b10-8+,17-9+/t18-,19?,23?,24+,25-,28?,31?,32+/m1/s1. The first-order valence-corrected chi connectivity index (χ1v) is 15.8. The predicted octanol–water partition coefficient (Wildman–Crippen LogP) is 4.38. The fourth-order valence-electron chi connectivity index (χ4n) is 6.07. The van der Waals surface area contributed by atoms with E-state index < -0.39 is 59.0 Å². The summed E-state index contributed by atoms with van der Waals surface area (Å²) >= 11 is 10.9. The van der Waals surface area contributed by atoms with Gasteiger partial charge in [-0.05, 0) is 51.3 Å². The highest BCUT2D eigenvalue weighted by atomic mass is 35.5. The lowest BCUT2D eigenvalue weighted by molar-refractivity contribution is -0.152. The maximum absolute atomic E-state index is 13.5. The third-order valence-corrected chi connectivity index (χ3v) is 9.40. The number of epoxide rings is 1. The van der Waals surface area contributed by atoms with Crippen molar-refractivity contribution in [2.75, 3.05) is 26.2 Å². The summed E-state index contributed by atoms with van der Waals surface area (Å²) < 4.78 is 28.8. The molecule has 0 radical (unpaired) electrons. The number of methoxy groups -OCH3 is 2. The van der Waals surface area contributed by atoms with E-state index >= 15 is 0 Å². The predicted molar refractivity (Wildman–Crippen MR) is 172 cm³/mol. The third-order valence-electron chi connectivity index (χ3n) is 8.81. The van der Waals surface area contributed by atoms with Crippen LogP contribution in [0.4, 0.5) is 10.5 Å². The largest absolute Gasteiger partial charge is 0.495 e. The number of fused-ring (bicyclic) bond motifs is 5. The molecule has 2 saturated heterocycles. The number of rotatable bonds is 4. The van der Waals surface area contributed by atoms with Crippen molar-refractivity contribution in [3.8, 4) is 5.75 Å². The molecule has 11 nitrogen and oxygen atoms in total. The Kier molecular flexibility index (Phi) is 10.9. The zero-order valence-electron chi connectivity index (χ0n) is 26.7. The van der Waals surface area contributed by atoms with Crippen LogP contribution >= 0.6 is 24.2 Å². The second-order valence-electron chi connectivity index (χ2n) is 12.2. The van der Waals surface area contributed by atoms with Crippen molar-refractivity contribution in [2.45, 2.75) is 94.4 Å². The summed E-state index contributed by atoms with van der Waals surface area (Å²) in [6.07, 6.45) is 2.22. The Bertz CT molecular complexity index is 1370. The Morgan fingerprint density at radius 2 is 2.00 bits per heavy atom. The van der Waals surface area contributed by atoms with Crippen LogP contribution in [0.25, 0.3) is 0 Å². The van der Waals surface area contributed by atoms with Crippen LogP contribution in [-0.4, -0.2) is 85.3 Å². The molecule has 4 bridgehead atoms. The highest BCUT2D eigenvalue weighted by molar-refractivity contribution is 7.81. The molecular formula is C32H43ClN2O9S. The molecule has 13 heteroatoms. The Labute approximate surface area is 274 Å². The number of esters is 1. The van der Waals surface area contributed by atoms with Crippen LogP contribution in [0.2, 0.25) is 5.02 Å². The van der Waals surface area contributed by atoms with Gasteiger partial charge in [0.05, 0.1) is 24.2 Å². The first kappa shape index (κ1) is 35.1. The number of alkyl carbamates (subject to hydrolysis) is 1. The summed E-state index contributed by atoms with van der Waals surface area (Å²) in [6.45, 7) is 7.18. The van der Waals surface area contributed by atoms with E-state index in [2.05, 4.69) is 17.9 Å². The van der Waals surface area contributed by atoms with Crippen molar-refractivity contribution in [3.63, 3.8) is 0 Å². The van der Waals surface area contributed by atoms with Gasteiger partial charge in [0.15, 0.2) is 5.72 Å². The minimum Gasteiger partial charge on any atom is -0.495 e. The zero-order chi connectivity index (χ0) is 33.3. The third kappa shape index (κ3) is 7.62. The van der Waals surface area contributed by atoms with Crippen LogP contribution in [-0.2, 0) is 35.0 Å². The summed E-state index contributed by atoms with van der Waals surface area (Å²) in [5.74, 6) is -0.796. The van der Waals surface area contributed by atoms with Gasteiger partial charge in [-0.15, -0.1) is 0 Å². The zero-order valence-corrected chi connectivity index (χ0v) is 28.3. The van der Waals surface area contributed by atoms with E-state index in [9.17, 15) is 19.5 Å². The van der Waals surface area contributed by atoms with Crippen molar-refractivity contribution >= 4 is 47.9 Å². The Hall–Kier alpha value is -2.77. The number of carbonyl (C=O) groups excluding carboxylic acids is 3.